The van der Waals surface area contributed by atoms with E-state index in [-0.39, 0.29) is 11.9 Å². The van der Waals surface area contributed by atoms with Gasteiger partial charge in [0, 0.05) is 24.2 Å². The SMILES string of the molecule is O=C(c1ccsc1)N1CCCCC1c1ccn2nccc2n1. The molecule has 3 aromatic heterocycles. The summed E-state index contributed by atoms with van der Waals surface area (Å²) in [4.78, 5) is 19.4. The fraction of sp³-hybridized carbons (Fsp3) is 0.312. The summed E-state index contributed by atoms with van der Waals surface area (Å²) in [6, 6.07) is 5.81. The molecule has 0 aromatic carbocycles. The van der Waals surface area contributed by atoms with Gasteiger partial charge in [-0.05, 0) is 36.8 Å². The molecule has 0 radical (unpaired) electrons. The minimum atomic E-state index is 0.0565. The van der Waals surface area contributed by atoms with Crippen molar-refractivity contribution in [3.63, 3.8) is 0 Å². The van der Waals surface area contributed by atoms with Crippen LogP contribution in [0.25, 0.3) is 5.65 Å². The Balaban J connectivity index is 1.69. The molecule has 112 valence electrons. The fourth-order valence-corrected chi connectivity index (χ4v) is 3.68. The first-order valence-corrected chi connectivity index (χ1v) is 8.41. The number of piperidine rings is 1. The van der Waals surface area contributed by atoms with Crippen molar-refractivity contribution in [2.75, 3.05) is 6.54 Å². The predicted octanol–water partition coefficient (Wildman–Crippen LogP) is 3.16. The number of rotatable bonds is 2. The molecule has 1 amide bonds. The van der Waals surface area contributed by atoms with Gasteiger partial charge in [0.25, 0.3) is 5.91 Å². The van der Waals surface area contributed by atoms with Crippen molar-refractivity contribution < 1.29 is 4.79 Å². The van der Waals surface area contributed by atoms with E-state index in [4.69, 9.17) is 0 Å². The zero-order valence-electron chi connectivity index (χ0n) is 12.1. The van der Waals surface area contributed by atoms with E-state index in [2.05, 4.69) is 10.1 Å². The Bertz CT molecular complexity index is 795. The Morgan fingerprint density at radius 3 is 3.09 bits per heavy atom. The second-order valence-electron chi connectivity index (χ2n) is 5.51. The second kappa shape index (κ2) is 5.53. The van der Waals surface area contributed by atoms with Crippen molar-refractivity contribution in [1.82, 2.24) is 19.5 Å². The Morgan fingerprint density at radius 2 is 2.23 bits per heavy atom. The van der Waals surface area contributed by atoms with Crippen molar-refractivity contribution in [2.24, 2.45) is 0 Å². The lowest BCUT2D eigenvalue weighted by Gasteiger charge is -2.35. The van der Waals surface area contributed by atoms with Gasteiger partial charge in [-0.25, -0.2) is 9.50 Å². The maximum Gasteiger partial charge on any atom is 0.255 e. The molecule has 0 saturated carbocycles. The third-order valence-electron chi connectivity index (χ3n) is 4.15. The lowest BCUT2D eigenvalue weighted by atomic mass is 9.98. The molecule has 3 aromatic rings. The minimum absolute atomic E-state index is 0.0565. The number of carbonyl (C=O) groups excluding carboxylic acids is 1. The van der Waals surface area contributed by atoms with Gasteiger partial charge in [0.15, 0.2) is 5.65 Å². The van der Waals surface area contributed by atoms with Crippen LogP contribution in [0.4, 0.5) is 0 Å². The summed E-state index contributed by atoms with van der Waals surface area (Å²) >= 11 is 1.56. The number of nitrogens with zero attached hydrogens (tertiary/aromatic N) is 4. The van der Waals surface area contributed by atoms with Crippen LogP contribution in [0, 0.1) is 0 Å². The Morgan fingerprint density at radius 1 is 1.27 bits per heavy atom. The summed E-state index contributed by atoms with van der Waals surface area (Å²) in [5, 5.41) is 8.04. The molecule has 0 aliphatic carbocycles. The molecule has 0 N–H and O–H groups in total. The molecule has 1 fully saturated rings. The molecule has 0 bridgehead atoms. The molecular formula is C16H16N4OS. The molecule has 22 heavy (non-hydrogen) atoms. The normalized spacial score (nSPS) is 18.7. The van der Waals surface area contributed by atoms with Crippen LogP contribution in [0.3, 0.4) is 0 Å². The first kappa shape index (κ1) is 13.5. The average Bonchev–Trinajstić information content (AvgIpc) is 3.24. The van der Waals surface area contributed by atoms with Gasteiger partial charge in [0.2, 0.25) is 0 Å². The lowest BCUT2D eigenvalue weighted by molar-refractivity contribution is 0.0607. The molecule has 1 atom stereocenters. The zero-order chi connectivity index (χ0) is 14.9. The van der Waals surface area contributed by atoms with Crippen molar-refractivity contribution in [3.05, 3.63) is 52.6 Å². The van der Waals surface area contributed by atoms with Crippen LogP contribution >= 0.6 is 11.3 Å². The van der Waals surface area contributed by atoms with Crippen molar-refractivity contribution in [1.29, 1.82) is 0 Å². The van der Waals surface area contributed by atoms with E-state index in [1.54, 1.807) is 22.0 Å². The highest BCUT2D eigenvalue weighted by Gasteiger charge is 2.29. The molecule has 6 heteroatoms. The van der Waals surface area contributed by atoms with Gasteiger partial charge in [-0.3, -0.25) is 4.79 Å². The van der Waals surface area contributed by atoms with Gasteiger partial charge in [-0.15, -0.1) is 0 Å². The molecule has 1 aliphatic rings. The van der Waals surface area contributed by atoms with Crippen molar-refractivity contribution in [2.45, 2.75) is 25.3 Å². The Hall–Kier alpha value is -2.21. The monoisotopic (exact) mass is 312 g/mol. The van der Waals surface area contributed by atoms with Crippen molar-refractivity contribution in [3.8, 4) is 0 Å². The number of hydrogen-bond donors (Lipinski definition) is 0. The molecule has 5 nitrogen and oxygen atoms in total. The Kier molecular flexibility index (Phi) is 3.38. The van der Waals surface area contributed by atoms with Gasteiger partial charge in [-0.2, -0.15) is 16.4 Å². The second-order valence-corrected chi connectivity index (χ2v) is 6.29. The largest absolute Gasteiger partial charge is 0.330 e. The molecular weight excluding hydrogens is 296 g/mol. The number of likely N-dealkylation sites (tertiary alicyclic amines) is 1. The number of carbonyl (C=O) groups is 1. The Labute approximate surface area is 132 Å². The number of fused-ring (bicyclic) bond motifs is 1. The van der Waals surface area contributed by atoms with Crippen LogP contribution < -0.4 is 0 Å². The summed E-state index contributed by atoms with van der Waals surface area (Å²) in [7, 11) is 0. The van der Waals surface area contributed by atoms with Gasteiger partial charge in [0.1, 0.15) is 0 Å². The quantitative estimate of drug-likeness (QED) is 0.730. The van der Waals surface area contributed by atoms with Crippen LogP contribution in [-0.4, -0.2) is 31.9 Å². The molecule has 4 heterocycles. The highest BCUT2D eigenvalue weighted by atomic mass is 32.1. The van der Waals surface area contributed by atoms with Crippen molar-refractivity contribution >= 4 is 22.9 Å². The predicted molar refractivity (Wildman–Crippen MR) is 84.9 cm³/mol. The van der Waals surface area contributed by atoms with Gasteiger partial charge < -0.3 is 4.90 Å². The van der Waals surface area contributed by atoms with E-state index in [1.165, 1.54) is 0 Å². The number of hydrogen-bond acceptors (Lipinski definition) is 4. The third kappa shape index (κ3) is 2.29. The van der Waals surface area contributed by atoms with E-state index in [1.807, 2.05) is 40.1 Å². The topological polar surface area (TPSA) is 50.5 Å². The van der Waals surface area contributed by atoms with Gasteiger partial charge in [0.05, 0.1) is 23.5 Å². The molecule has 1 saturated heterocycles. The first-order chi connectivity index (χ1) is 10.8. The average molecular weight is 312 g/mol. The van der Waals surface area contributed by atoms with E-state index < -0.39 is 0 Å². The van der Waals surface area contributed by atoms with Crippen LogP contribution in [0.15, 0.2) is 41.4 Å². The maximum absolute atomic E-state index is 12.7. The van der Waals surface area contributed by atoms with Crippen LogP contribution in [0.1, 0.15) is 41.4 Å². The number of thiophene rings is 1. The third-order valence-corrected chi connectivity index (χ3v) is 4.84. The summed E-state index contributed by atoms with van der Waals surface area (Å²) in [6.45, 7) is 0.797. The summed E-state index contributed by atoms with van der Waals surface area (Å²) in [5.41, 5.74) is 2.56. The van der Waals surface area contributed by atoms with Crippen LogP contribution in [-0.2, 0) is 0 Å². The smallest absolute Gasteiger partial charge is 0.255 e. The first-order valence-electron chi connectivity index (χ1n) is 7.46. The van der Waals surface area contributed by atoms with Crippen LogP contribution in [0.2, 0.25) is 0 Å². The number of amides is 1. The summed E-state index contributed by atoms with van der Waals surface area (Å²) < 4.78 is 1.75. The molecule has 1 unspecified atom stereocenters. The highest BCUT2D eigenvalue weighted by Crippen LogP contribution is 2.31. The number of aromatic nitrogens is 3. The minimum Gasteiger partial charge on any atom is -0.330 e. The lowest BCUT2D eigenvalue weighted by Crippen LogP contribution is -2.38. The molecule has 4 rings (SSSR count). The van der Waals surface area contributed by atoms with Gasteiger partial charge >= 0.3 is 0 Å². The maximum atomic E-state index is 12.7. The standard InChI is InChI=1S/C16H16N4OS/c21-16(12-6-10-22-11-12)19-8-2-1-3-14(19)13-5-9-20-15(18-13)4-7-17-20/h4-7,9-11,14H,1-3,8H2. The molecule has 0 spiro atoms. The van der Waals surface area contributed by atoms with E-state index >= 15 is 0 Å². The highest BCUT2D eigenvalue weighted by molar-refractivity contribution is 7.08. The molecule has 1 aliphatic heterocycles. The summed E-state index contributed by atoms with van der Waals surface area (Å²) in [6.07, 6.45) is 6.81. The van der Waals surface area contributed by atoms with E-state index in [0.29, 0.717) is 0 Å². The van der Waals surface area contributed by atoms with E-state index in [9.17, 15) is 4.79 Å². The van der Waals surface area contributed by atoms with Gasteiger partial charge in [-0.1, -0.05) is 0 Å². The van der Waals surface area contributed by atoms with E-state index in [0.717, 1.165) is 42.7 Å². The van der Waals surface area contributed by atoms with Crippen LogP contribution in [0.5, 0.6) is 0 Å². The summed E-state index contributed by atoms with van der Waals surface area (Å²) in [5.74, 6) is 0.112. The fourth-order valence-electron chi connectivity index (χ4n) is 3.05. The zero-order valence-corrected chi connectivity index (χ0v) is 12.9.